The molecule has 6 nitrogen and oxygen atoms in total. The van der Waals surface area contributed by atoms with Crippen LogP contribution in [0.5, 0.6) is 0 Å². The van der Waals surface area contributed by atoms with Crippen LogP contribution in [0.3, 0.4) is 0 Å². The molecule has 3 aromatic rings. The maximum absolute atomic E-state index is 9.21. The van der Waals surface area contributed by atoms with Gasteiger partial charge in [-0.1, -0.05) is 0 Å². The van der Waals surface area contributed by atoms with Gasteiger partial charge in [-0.15, -0.1) is 0 Å². The van der Waals surface area contributed by atoms with E-state index in [1.807, 2.05) is 6.07 Å². The molecule has 4 rings (SSSR count). The number of fused-ring (bicyclic) bond motifs is 2. The summed E-state index contributed by atoms with van der Waals surface area (Å²) in [6, 6.07) is 6.23. The normalized spacial score (nSPS) is 13.7. The smallest absolute Gasteiger partial charge is 0.183 e. The molecule has 0 radical (unpaired) electrons. The Morgan fingerprint density at radius 3 is 2.91 bits per heavy atom. The second kappa shape index (κ2) is 5.56. The summed E-state index contributed by atoms with van der Waals surface area (Å²) < 4.78 is 0.931. The van der Waals surface area contributed by atoms with Gasteiger partial charge in [-0.25, -0.2) is 19.9 Å². The van der Waals surface area contributed by atoms with Crippen molar-refractivity contribution in [2.24, 2.45) is 0 Å². The van der Waals surface area contributed by atoms with Crippen LogP contribution >= 0.6 is 15.9 Å². The van der Waals surface area contributed by atoms with Crippen LogP contribution in [0, 0.1) is 11.3 Å². The third kappa shape index (κ3) is 2.51. The molecule has 4 heterocycles. The van der Waals surface area contributed by atoms with Crippen LogP contribution < -0.4 is 4.90 Å². The van der Waals surface area contributed by atoms with E-state index in [-0.39, 0.29) is 0 Å². The highest BCUT2D eigenvalue weighted by Crippen LogP contribution is 2.26. The van der Waals surface area contributed by atoms with Gasteiger partial charge >= 0.3 is 0 Å². The van der Waals surface area contributed by atoms with Gasteiger partial charge in [-0.05, 0) is 33.6 Å². The molecule has 0 saturated heterocycles. The lowest BCUT2D eigenvalue weighted by molar-refractivity contribution is 0.702. The van der Waals surface area contributed by atoms with E-state index in [1.165, 1.54) is 6.20 Å². The lowest BCUT2D eigenvalue weighted by atomic mass is 10.0. The molecule has 23 heavy (non-hydrogen) atoms. The van der Waals surface area contributed by atoms with E-state index in [4.69, 9.17) is 0 Å². The summed E-state index contributed by atoms with van der Waals surface area (Å²) in [6.07, 6.45) is 5.71. The minimum atomic E-state index is 0.356. The molecule has 0 fully saturated rings. The minimum absolute atomic E-state index is 0.356. The van der Waals surface area contributed by atoms with E-state index >= 15 is 0 Å². The summed E-state index contributed by atoms with van der Waals surface area (Å²) in [4.78, 5) is 19.5. The van der Waals surface area contributed by atoms with Gasteiger partial charge in [-0.2, -0.15) is 5.26 Å². The van der Waals surface area contributed by atoms with Crippen LogP contribution in [0.1, 0.15) is 17.0 Å². The standard InChI is InChI=1S/C16H11BrN6/c17-12-6-10-5-11-9-23(16-14(7-18)19-2-3-20-16)4-1-13(11)22-15(10)21-8-12/h2-3,5-6,8H,1,4,9H2. The first-order valence-electron chi connectivity index (χ1n) is 7.15. The molecule has 112 valence electrons. The molecule has 0 unspecified atom stereocenters. The van der Waals surface area contributed by atoms with Crippen molar-refractivity contribution in [3.05, 3.63) is 52.1 Å². The van der Waals surface area contributed by atoms with E-state index < -0.39 is 0 Å². The molecule has 1 aliphatic heterocycles. The van der Waals surface area contributed by atoms with Crippen molar-refractivity contribution in [2.45, 2.75) is 13.0 Å². The molecule has 0 N–H and O–H groups in total. The number of pyridine rings is 2. The maximum Gasteiger partial charge on any atom is 0.183 e. The first-order chi connectivity index (χ1) is 11.2. The molecule has 0 atom stereocenters. The number of aromatic nitrogens is 4. The number of rotatable bonds is 1. The van der Waals surface area contributed by atoms with Gasteiger partial charge in [-0.3, -0.25) is 0 Å². The Balaban J connectivity index is 1.75. The van der Waals surface area contributed by atoms with Crippen molar-refractivity contribution in [1.29, 1.82) is 5.26 Å². The molecule has 0 saturated carbocycles. The van der Waals surface area contributed by atoms with Crippen LogP contribution in [0.4, 0.5) is 5.82 Å². The maximum atomic E-state index is 9.21. The summed E-state index contributed by atoms with van der Waals surface area (Å²) in [7, 11) is 0. The van der Waals surface area contributed by atoms with Crippen LogP contribution in [0.2, 0.25) is 0 Å². The SMILES string of the molecule is N#Cc1nccnc1N1CCc2nc3ncc(Br)cc3cc2C1. The van der Waals surface area contributed by atoms with E-state index in [9.17, 15) is 5.26 Å². The lowest BCUT2D eigenvalue weighted by Gasteiger charge is -2.29. The van der Waals surface area contributed by atoms with Crippen LogP contribution in [0.15, 0.2) is 35.2 Å². The third-order valence-corrected chi connectivity index (χ3v) is 4.30. The zero-order valence-corrected chi connectivity index (χ0v) is 13.7. The van der Waals surface area contributed by atoms with Crippen LogP contribution in [0.25, 0.3) is 11.0 Å². The van der Waals surface area contributed by atoms with Crippen LogP contribution in [-0.4, -0.2) is 26.5 Å². The number of halogens is 1. The summed E-state index contributed by atoms with van der Waals surface area (Å²) in [5.41, 5.74) is 3.32. The molecular weight excluding hydrogens is 356 g/mol. The number of anilines is 1. The highest BCUT2D eigenvalue weighted by atomic mass is 79.9. The largest absolute Gasteiger partial charge is 0.349 e. The van der Waals surface area contributed by atoms with Gasteiger partial charge in [0.05, 0.1) is 0 Å². The number of nitrogens with zero attached hydrogens (tertiary/aromatic N) is 6. The predicted octanol–water partition coefficient (Wildman–Crippen LogP) is 2.62. The first-order valence-corrected chi connectivity index (χ1v) is 7.94. The van der Waals surface area contributed by atoms with Crippen molar-refractivity contribution in [1.82, 2.24) is 19.9 Å². The van der Waals surface area contributed by atoms with Crippen molar-refractivity contribution >= 4 is 32.8 Å². The topological polar surface area (TPSA) is 78.6 Å². The zero-order valence-electron chi connectivity index (χ0n) is 12.1. The van der Waals surface area contributed by atoms with Gasteiger partial charge in [0.25, 0.3) is 0 Å². The molecule has 0 bridgehead atoms. The quantitative estimate of drug-likeness (QED) is 0.658. The van der Waals surface area contributed by atoms with Gasteiger partial charge in [0.2, 0.25) is 0 Å². The van der Waals surface area contributed by atoms with E-state index in [1.54, 1.807) is 12.4 Å². The number of hydrogen-bond donors (Lipinski definition) is 0. The molecule has 1 aliphatic rings. The van der Waals surface area contributed by atoms with Crippen LogP contribution in [-0.2, 0) is 13.0 Å². The molecule has 0 aliphatic carbocycles. The Kier molecular flexibility index (Phi) is 3.39. The highest BCUT2D eigenvalue weighted by molar-refractivity contribution is 9.10. The Morgan fingerprint density at radius 1 is 1.17 bits per heavy atom. The molecule has 3 aromatic heterocycles. The molecule has 0 aromatic carbocycles. The van der Waals surface area contributed by atoms with Gasteiger partial charge in [0, 0.05) is 53.7 Å². The van der Waals surface area contributed by atoms with E-state index in [0.29, 0.717) is 18.1 Å². The Bertz CT molecular complexity index is 949. The number of nitriles is 1. The summed E-state index contributed by atoms with van der Waals surface area (Å²) >= 11 is 3.44. The van der Waals surface area contributed by atoms with Crippen molar-refractivity contribution in [3.63, 3.8) is 0 Å². The molecular formula is C16H11BrN6. The summed E-state index contributed by atoms with van der Waals surface area (Å²) in [5.74, 6) is 0.633. The first kappa shape index (κ1) is 14.0. The monoisotopic (exact) mass is 366 g/mol. The predicted molar refractivity (Wildman–Crippen MR) is 88.7 cm³/mol. The number of hydrogen-bond acceptors (Lipinski definition) is 6. The molecule has 0 amide bonds. The third-order valence-electron chi connectivity index (χ3n) is 3.87. The Hall–Kier alpha value is -2.59. The molecule has 0 spiro atoms. The summed E-state index contributed by atoms with van der Waals surface area (Å²) in [6.45, 7) is 1.42. The van der Waals surface area contributed by atoms with Crippen molar-refractivity contribution in [2.75, 3.05) is 11.4 Å². The molecule has 7 heteroatoms. The second-order valence-corrected chi connectivity index (χ2v) is 6.22. The second-order valence-electron chi connectivity index (χ2n) is 5.31. The average Bonchev–Trinajstić information content (AvgIpc) is 2.59. The fourth-order valence-corrected chi connectivity index (χ4v) is 3.17. The Morgan fingerprint density at radius 2 is 2.04 bits per heavy atom. The Labute approximate surface area is 141 Å². The fourth-order valence-electron chi connectivity index (χ4n) is 2.82. The fraction of sp³-hybridized carbons (Fsp3) is 0.188. The van der Waals surface area contributed by atoms with Gasteiger partial charge in [0.1, 0.15) is 6.07 Å². The van der Waals surface area contributed by atoms with Gasteiger partial charge in [0.15, 0.2) is 17.2 Å². The average molecular weight is 367 g/mol. The van der Waals surface area contributed by atoms with Gasteiger partial charge < -0.3 is 4.90 Å². The minimum Gasteiger partial charge on any atom is -0.349 e. The summed E-state index contributed by atoms with van der Waals surface area (Å²) in [5, 5.41) is 10.2. The lowest BCUT2D eigenvalue weighted by Crippen LogP contribution is -2.32. The van der Waals surface area contributed by atoms with Crippen molar-refractivity contribution < 1.29 is 0 Å². The highest BCUT2D eigenvalue weighted by Gasteiger charge is 2.22. The zero-order chi connectivity index (χ0) is 15.8. The van der Waals surface area contributed by atoms with E-state index in [2.05, 4.69) is 52.9 Å². The van der Waals surface area contributed by atoms with Crippen molar-refractivity contribution in [3.8, 4) is 6.07 Å². The van der Waals surface area contributed by atoms with E-state index in [0.717, 1.165) is 39.7 Å².